The molecule has 0 amide bonds. The Morgan fingerprint density at radius 2 is 1.79 bits per heavy atom. The monoisotopic (exact) mass is 269 g/mol. The van der Waals surface area contributed by atoms with Gasteiger partial charge in [-0.1, -0.05) is 41.9 Å². The van der Waals surface area contributed by atoms with E-state index in [0.29, 0.717) is 5.02 Å². The zero-order valence-electron chi connectivity index (χ0n) is 10.1. The van der Waals surface area contributed by atoms with Crippen molar-refractivity contribution >= 4 is 22.4 Å². The molecule has 0 spiro atoms. The van der Waals surface area contributed by atoms with E-state index >= 15 is 0 Å². The topological polar surface area (TPSA) is 33.1 Å². The van der Waals surface area contributed by atoms with Crippen LogP contribution in [0, 0.1) is 0 Å². The van der Waals surface area contributed by atoms with Crippen LogP contribution in [0.25, 0.3) is 10.8 Å². The highest BCUT2D eigenvalue weighted by Crippen LogP contribution is 2.28. The van der Waals surface area contributed by atoms with Crippen molar-refractivity contribution < 1.29 is 5.11 Å². The van der Waals surface area contributed by atoms with E-state index in [4.69, 9.17) is 11.6 Å². The Bertz CT molecular complexity index is 704. The van der Waals surface area contributed by atoms with Gasteiger partial charge in [-0.25, -0.2) is 0 Å². The summed E-state index contributed by atoms with van der Waals surface area (Å²) in [5.41, 5.74) is 1.70. The molecule has 1 N–H and O–H groups in total. The summed E-state index contributed by atoms with van der Waals surface area (Å²) in [6.07, 6.45) is 2.87. The number of aliphatic hydroxyl groups excluding tert-OH is 1. The number of hydrogen-bond donors (Lipinski definition) is 1. The normalized spacial score (nSPS) is 12.5. The van der Waals surface area contributed by atoms with Crippen molar-refractivity contribution in [1.82, 2.24) is 4.98 Å². The molecule has 19 heavy (non-hydrogen) atoms. The van der Waals surface area contributed by atoms with Gasteiger partial charge in [-0.2, -0.15) is 0 Å². The molecule has 0 radical (unpaired) electrons. The lowest BCUT2D eigenvalue weighted by Crippen LogP contribution is -2.00. The third-order valence-corrected chi connectivity index (χ3v) is 3.45. The van der Waals surface area contributed by atoms with E-state index in [1.165, 1.54) is 0 Å². The van der Waals surface area contributed by atoms with Crippen molar-refractivity contribution in [3.05, 3.63) is 77.1 Å². The van der Waals surface area contributed by atoms with Gasteiger partial charge in [0.2, 0.25) is 0 Å². The number of fused-ring (bicyclic) bond motifs is 1. The SMILES string of the molecule is OC(c1ccc(Cl)cc1)c1cccc2cnccc12. The van der Waals surface area contributed by atoms with E-state index in [0.717, 1.165) is 21.9 Å². The van der Waals surface area contributed by atoms with E-state index in [1.807, 2.05) is 36.4 Å². The first-order valence-electron chi connectivity index (χ1n) is 6.02. The Labute approximate surface area is 116 Å². The third kappa shape index (κ3) is 2.33. The summed E-state index contributed by atoms with van der Waals surface area (Å²) in [7, 11) is 0. The third-order valence-electron chi connectivity index (χ3n) is 3.19. The molecule has 1 atom stereocenters. The molecule has 0 aliphatic carbocycles. The minimum atomic E-state index is -0.664. The molecule has 0 aliphatic rings. The number of nitrogens with zero attached hydrogens (tertiary/aromatic N) is 1. The zero-order valence-corrected chi connectivity index (χ0v) is 10.9. The highest BCUT2D eigenvalue weighted by atomic mass is 35.5. The van der Waals surface area contributed by atoms with Gasteiger partial charge >= 0.3 is 0 Å². The van der Waals surface area contributed by atoms with Crippen LogP contribution in [0.5, 0.6) is 0 Å². The van der Waals surface area contributed by atoms with Crippen molar-refractivity contribution in [2.75, 3.05) is 0 Å². The smallest absolute Gasteiger partial charge is 0.105 e. The molecule has 94 valence electrons. The standard InChI is InChI=1S/C16H12ClNO/c17-13-6-4-11(5-7-13)16(19)15-3-1-2-12-10-18-9-8-14(12)15/h1-10,16,19H. The van der Waals surface area contributed by atoms with Gasteiger partial charge in [0.25, 0.3) is 0 Å². The molecule has 2 aromatic carbocycles. The molecule has 3 rings (SSSR count). The Morgan fingerprint density at radius 3 is 2.58 bits per heavy atom. The lowest BCUT2D eigenvalue weighted by molar-refractivity contribution is 0.222. The molecule has 0 fully saturated rings. The summed E-state index contributed by atoms with van der Waals surface area (Å²) in [6.45, 7) is 0. The number of aromatic nitrogens is 1. The van der Waals surface area contributed by atoms with Gasteiger partial charge in [-0.05, 0) is 34.7 Å². The Kier molecular flexibility index (Phi) is 3.20. The Morgan fingerprint density at radius 1 is 1.00 bits per heavy atom. The molecular weight excluding hydrogens is 258 g/mol. The van der Waals surface area contributed by atoms with Gasteiger partial charge in [0.15, 0.2) is 0 Å². The molecule has 3 aromatic rings. The lowest BCUT2D eigenvalue weighted by Gasteiger charge is -2.14. The van der Waals surface area contributed by atoms with Crippen LogP contribution in [0.1, 0.15) is 17.2 Å². The molecule has 3 heteroatoms. The van der Waals surface area contributed by atoms with E-state index in [1.54, 1.807) is 24.5 Å². The average Bonchev–Trinajstić information content (AvgIpc) is 2.47. The van der Waals surface area contributed by atoms with Crippen molar-refractivity contribution in [2.45, 2.75) is 6.10 Å². The molecule has 0 bridgehead atoms. The quantitative estimate of drug-likeness (QED) is 0.764. The van der Waals surface area contributed by atoms with Crippen molar-refractivity contribution in [2.24, 2.45) is 0 Å². The first-order chi connectivity index (χ1) is 9.25. The van der Waals surface area contributed by atoms with Gasteiger partial charge in [0.1, 0.15) is 6.10 Å². The number of benzene rings is 2. The van der Waals surface area contributed by atoms with E-state index in [-0.39, 0.29) is 0 Å². The van der Waals surface area contributed by atoms with Crippen LogP contribution < -0.4 is 0 Å². The van der Waals surface area contributed by atoms with Crippen LogP contribution in [0.2, 0.25) is 5.02 Å². The fourth-order valence-corrected chi connectivity index (χ4v) is 2.34. The number of pyridine rings is 1. The van der Waals surface area contributed by atoms with Crippen molar-refractivity contribution in [3.63, 3.8) is 0 Å². The van der Waals surface area contributed by atoms with Crippen molar-refractivity contribution in [3.8, 4) is 0 Å². The molecule has 1 heterocycles. The average molecular weight is 270 g/mol. The van der Waals surface area contributed by atoms with Crippen LogP contribution in [-0.4, -0.2) is 10.1 Å². The van der Waals surface area contributed by atoms with Crippen LogP contribution in [0.3, 0.4) is 0 Å². The fraction of sp³-hybridized carbons (Fsp3) is 0.0625. The second-order valence-electron chi connectivity index (χ2n) is 4.40. The fourth-order valence-electron chi connectivity index (χ4n) is 2.21. The maximum absolute atomic E-state index is 10.5. The molecule has 0 saturated carbocycles. The number of hydrogen-bond acceptors (Lipinski definition) is 2. The molecule has 2 nitrogen and oxygen atoms in total. The maximum Gasteiger partial charge on any atom is 0.105 e. The molecular formula is C16H12ClNO. The summed E-state index contributed by atoms with van der Waals surface area (Å²) in [4.78, 5) is 4.10. The van der Waals surface area contributed by atoms with E-state index in [2.05, 4.69) is 4.98 Å². The second kappa shape index (κ2) is 5.00. The predicted octanol–water partition coefficient (Wildman–Crippen LogP) is 3.97. The van der Waals surface area contributed by atoms with Crippen molar-refractivity contribution in [1.29, 1.82) is 0 Å². The van der Waals surface area contributed by atoms with Crippen LogP contribution in [-0.2, 0) is 0 Å². The van der Waals surface area contributed by atoms with Crippen LogP contribution in [0.4, 0.5) is 0 Å². The van der Waals surface area contributed by atoms with E-state index in [9.17, 15) is 5.11 Å². The Balaban J connectivity index is 2.11. The summed E-state index contributed by atoms with van der Waals surface area (Å²) in [5.74, 6) is 0. The van der Waals surface area contributed by atoms with Gasteiger partial charge in [-0.15, -0.1) is 0 Å². The lowest BCUT2D eigenvalue weighted by atomic mass is 9.97. The van der Waals surface area contributed by atoms with Gasteiger partial charge < -0.3 is 5.11 Å². The van der Waals surface area contributed by atoms with Gasteiger partial charge in [0.05, 0.1) is 0 Å². The molecule has 0 aliphatic heterocycles. The summed E-state index contributed by atoms with van der Waals surface area (Å²) in [5, 5.41) is 13.2. The van der Waals surface area contributed by atoms with Gasteiger partial charge in [0, 0.05) is 22.8 Å². The summed E-state index contributed by atoms with van der Waals surface area (Å²) in [6, 6.07) is 15.0. The van der Waals surface area contributed by atoms with Crippen LogP contribution in [0.15, 0.2) is 60.9 Å². The van der Waals surface area contributed by atoms with Gasteiger partial charge in [-0.3, -0.25) is 4.98 Å². The molecule has 1 unspecified atom stereocenters. The zero-order chi connectivity index (χ0) is 13.2. The van der Waals surface area contributed by atoms with Crippen LogP contribution >= 0.6 is 11.6 Å². The predicted molar refractivity (Wildman–Crippen MR) is 77.3 cm³/mol. The summed E-state index contributed by atoms with van der Waals surface area (Å²) < 4.78 is 0. The number of halogens is 1. The minimum Gasteiger partial charge on any atom is -0.384 e. The Hall–Kier alpha value is -1.90. The maximum atomic E-state index is 10.5. The number of aliphatic hydroxyl groups is 1. The highest BCUT2D eigenvalue weighted by Gasteiger charge is 2.13. The number of rotatable bonds is 2. The first-order valence-corrected chi connectivity index (χ1v) is 6.39. The highest BCUT2D eigenvalue weighted by molar-refractivity contribution is 6.30. The molecule has 1 aromatic heterocycles. The summed E-state index contributed by atoms with van der Waals surface area (Å²) >= 11 is 5.87. The largest absolute Gasteiger partial charge is 0.384 e. The first kappa shape index (κ1) is 12.2. The molecule has 0 saturated heterocycles. The van der Waals surface area contributed by atoms with E-state index < -0.39 is 6.10 Å². The second-order valence-corrected chi connectivity index (χ2v) is 4.83. The minimum absolute atomic E-state index is 0.664.